The predicted octanol–water partition coefficient (Wildman–Crippen LogP) is 2.58. The first-order valence-electron chi connectivity index (χ1n) is 5.55. The molecule has 2 rings (SSSR count). The van der Waals surface area contributed by atoms with E-state index in [1.807, 2.05) is 37.3 Å². The van der Waals surface area contributed by atoms with Crippen LogP contribution in [0.3, 0.4) is 0 Å². The predicted molar refractivity (Wildman–Crippen MR) is 68.2 cm³/mol. The molecule has 0 bridgehead atoms. The number of anilines is 1. The number of hydrogen-bond donors (Lipinski definition) is 1. The van der Waals surface area contributed by atoms with E-state index in [1.54, 1.807) is 13.3 Å². The fourth-order valence-corrected chi connectivity index (χ4v) is 1.53. The second-order valence-corrected chi connectivity index (χ2v) is 3.53. The van der Waals surface area contributed by atoms with Crippen molar-refractivity contribution in [2.24, 2.45) is 0 Å². The van der Waals surface area contributed by atoms with Crippen molar-refractivity contribution in [1.29, 1.82) is 0 Å². The molecule has 0 fully saturated rings. The molecule has 2 aromatic heterocycles. The van der Waals surface area contributed by atoms with Gasteiger partial charge in [-0.15, -0.1) is 0 Å². The Hall–Kier alpha value is -2.10. The highest BCUT2D eigenvalue weighted by molar-refractivity contribution is 5.60. The van der Waals surface area contributed by atoms with E-state index in [0.717, 1.165) is 23.6 Å². The maximum absolute atomic E-state index is 5.02. The molecule has 0 spiro atoms. The van der Waals surface area contributed by atoms with Crippen molar-refractivity contribution in [2.45, 2.75) is 6.92 Å². The van der Waals surface area contributed by atoms with Crippen LogP contribution in [0.15, 0.2) is 36.5 Å². The Bertz CT molecular complexity index is 482. The van der Waals surface area contributed by atoms with Crippen molar-refractivity contribution >= 4 is 5.82 Å². The van der Waals surface area contributed by atoms with Crippen LogP contribution >= 0.6 is 0 Å². The van der Waals surface area contributed by atoms with Crippen LogP contribution in [-0.2, 0) is 0 Å². The summed E-state index contributed by atoms with van der Waals surface area (Å²) in [6, 6.07) is 9.67. The largest absolute Gasteiger partial charge is 0.481 e. The fourth-order valence-electron chi connectivity index (χ4n) is 1.53. The van der Waals surface area contributed by atoms with Crippen molar-refractivity contribution in [3.63, 3.8) is 0 Å². The van der Waals surface area contributed by atoms with Crippen molar-refractivity contribution in [3.05, 3.63) is 36.5 Å². The molecule has 0 aromatic carbocycles. The van der Waals surface area contributed by atoms with Crippen molar-refractivity contribution in [2.75, 3.05) is 19.0 Å². The maximum Gasteiger partial charge on any atom is 0.212 e. The van der Waals surface area contributed by atoms with E-state index in [0.29, 0.717) is 5.88 Å². The third kappa shape index (κ3) is 2.72. The standard InChI is InChI=1S/C13H15N3O/c1-3-14-12-6-4-5-11(16-12)10-7-8-13(17-2)15-9-10/h4-9H,3H2,1-2H3,(H,14,16). The Morgan fingerprint density at radius 2 is 2.12 bits per heavy atom. The zero-order valence-electron chi connectivity index (χ0n) is 9.97. The molecule has 1 N–H and O–H groups in total. The summed E-state index contributed by atoms with van der Waals surface area (Å²) in [5, 5.41) is 3.18. The summed E-state index contributed by atoms with van der Waals surface area (Å²) in [5.41, 5.74) is 1.88. The van der Waals surface area contributed by atoms with E-state index in [4.69, 9.17) is 4.74 Å². The number of pyridine rings is 2. The second-order valence-electron chi connectivity index (χ2n) is 3.53. The number of methoxy groups -OCH3 is 1. The average Bonchev–Trinajstić information content (AvgIpc) is 2.40. The highest BCUT2D eigenvalue weighted by Crippen LogP contribution is 2.19. The van der Waals surface area contributed by atoms with E-state index in [1.165, 1.54) is 0 Å². The Balaban J connectivity index is 2.28. The topological polar surface area (TPSA) is 47.0 Å². The first kappa shape index (κ1) is 11.4. The van der Waals surface area contributed by atoms with Gasteiger partial charge in [0.1, 0.15) is 5.82 Å². The fraction of sp³-hybridized carbons (Fsp3) is 0.231. The molecule has 0 aliphatic heterocycles. The van der Waals surface area contributed by atoms with Gasteiger partial charge in [0.15, 0.2) is 0 Å². The van der Waals surface area contributed by atoms with Gasteiger partial charge in [-0.3, -0.25) is 0 Å². The van der Waals surface area contributed by atoms with Crippen molar-refractivity contribution in [3.8, 4) is 17.1 Å². The molecule has 0 saturated heterocycles. The molecule has 0 unspecified atom stereocenters. The molecular formula is C13H15N3O. The summed E-state index contributed by atoms with van der Waals surface area (Å²) < 4.78 is 5.02. The first-order chi connectivity index (χ1) is 8.33. The van der Waals surface area contributed by atoms with Gasteiger partial charge in [-0.05, 0) is 25.1 Å². The van der Waals surface area contributed by atoms with Crippen LogP contribution in [0.25, 0.3) is 11.3 Å². The monoisotopic (exact) mass is 229 g/mol. The molecule has 4 nitrogen and oxygen atoms in total. The van der Waals surface area contributed by atoms with Crippen molar-refractivity contribution in [1.82, 2.24) is 9.97 Å². The van der Waals surface area contributed by atoms with Crippen LogP contribution in [0.4, 0.5) is 5.82 Å². The van der Waals surface area contributed by atoms with Crippen LogP contribution in [0.1, 0.15) is 6.92 Å². The molecule has 17 heavy (non-hydrogen) atoms. The Labute approximate surface area is 101 Å². The lowest BCUT2D eigenvalue weighted by molar-refractivity contribution is 0.398. The number of nitrogens with one attached hydrogen (secondary N) is 1. The van der Waals surface area contributed by atoms with Crippen LogP contribution in [-0.4, -0.2) is 23.6 Å². The molecule has 0 atom stereocenters. The lowest BCUT2D eigenvalue weighted by atomic mass is 10.2. The number of aromatic nitrogens is 2. The molecule has 0 saturated carbocycles. The molecule has 88 valence electrons. The molecule has 2 aromatic rings. The molecule has 0 amide bonds. The van der Waals surface area contributed by atoms with Gasteiger partial charge in [-0.2, -0.15) is 0 Å². The summed E-state index contributed by atoms with van der Waals surface area (Å²) in [4.78, 5) is 8.66. The summed E-state index contributed by atoms with van der Waals surface area (Å²) >= 11 is 0. The minimum absolute atomic E-state index is 0.608. The van der Waals surface area contributed by atoms with Crippen molar-refractivity contribution < 1.29 is 4.74 Å². The van der Waals surface area contributed by atoms with E-state index in [2.05, 4.69) is 15.3 Å². The van der Waals surface area contributed by atoms with E-state index in [9.17, 15) is 0 Å². The van der Waals surface area contributed by atoms with E-state index >= 15 is 0 Å². The normalized spacial score (nSPS) is 10.0. The summed E-state index contributed by atoms with van der Waals surface area (Å²) in [6.07, 6.45) is 1.76. The summed E-state index contributed by atoms with van der Waals surface area (Å²) in [7, 11) is 1.60. The van der Waals surface area contributed by atoms with Gasteiger partial charge in [-0.25, -0.2) is 9.97 Å². The van der Waals surface area contributed by atoms with Gasteiger partial charge < -0.3 is 10.1 Å². The summed E-state index contributed by atoms with van der Waals surface area (Å²) in [6.45, 7) is 2.90. The number of rotatable bonds is 4. The molecular weight excluding hydrogens is 214 g/mol. The Morgan fingerprint density at radius 1 is 1.24 bits per heavy atom. The van der Waals surface area contributed by atoms with Gasteiger partial charge in [-0.1, -0.05) is 6.07 Å². The number of hydrogen-bond acceptors (Lipinski definition) is 4. The smallest absolute Gasteiger partial charge is 0.212 e. The Morgan fingerprint density at radius 3 is 2.76 bits per heavy atom. The van der Waals surface area contributed by atoms with Gasteiger partial charge >= 0.3 is 0 Å². The van der Waals surface area contributed by atoms with Crippen LogP contribution < -0.4 is 10.1 Å². The number of ether oxygens (including phenoxy) is 1. The van der Waals surface area contributed by atoms with E-state index < -0.39 is 0 Å². The van der Waals surface area contributed by atoms with Gasteiger partial charge in [0.2, 0.25) is 5.88 Å². The minimum Gasteiger partial charge on any atom is -0.481 e. The third-order valence-electron chi connectivity index (χ3n) is 2.35. The third-order valence-corrected chi connectivity index (χ3v) is 2.35. The van der Waals surface area contributed by atoms with Gasteiger partial charge in [0.05, 0.1) is 12.8 Å². The van der Waals surface area contributed by atoms with Crippen LogP contribution in [0.2, 0.25) is 0 Å². The van der Waals surface area contributed by atoms with Crippen LogP contribution in [0.5, 0.6) is 5.88 Å². The first-order valence-corrected chi connectivity index (χ1v) is 5.55. The zero-order valence-corrected chi connectivity index (χ0v) is 9.97. The molecule has 4 heteroatoms. The molecule has 0 radical (unpaired) electrons. The lowest BCUT2D eigenvalue weighted by Crippen LogP contribution is -1.99. The molecule has 0 aliphatic rings. The molecule has 2 heterocycles. The average molecular weight is 229 g/mol. The zero-order chi connectivity index (χ0) is 12.1. The SMILES string of the molecule is CCNc1cccc(-c2ccc(OC)nc2)n1. The van der Waals surface area contributed by atoms with Gasteiger partial charge in [0, 0.05) is 24.4 Å². The lowest BCUT2D eigenvalue weighted by Gasteiger charge is -2.05. The molecule has 0 aliphatic carbocycles. The quantitative estimate of drug-likeness (QED) is 0.875. The highest BCUT2D eigenvalue weighted by atomic mass is 16.5. The number of nitrogens with zero attached hydrogens (tertiary/aromatic N) is 2. The van der Waals surface area contributed by atoms with Crippen LogP contribution in [0, 0.1) is 0 Å². The minimum atomic E-state index is 0.608. The maximum atomic E-state index is 5.02. The summed E-state index contributed by atoms with van der Waals surface area (Å²) in [5.74, 6) is 1.48. The van der Waals surface area contributed by atoms with E-state index in [-0.39, 0.29) is 0 Å². The highest BCUT2D eigenvalue weighted by Gasteiger charge is 2.01. The Kier molecular flexibility index (Phi) is 3.55. The second kappa shape index (κ2) is 5.30. The van der Waals surface area contributed by atoms with Gasteiger partial charge in [0.25, 0.3) is 0 Å².